The lowest BCUT2D eigenvalue weighted by Gasteiger charge is -2.24. The number of aliphatic hydroxyl groups excluding tert-OH is 2. The topological polar surface area (TPSA) is 124 Å². The molecule has 0 aromatic rings. The van der Waals surface area contributed by atoms with E-state index in [-0.39, 0.29) is 0 Å². The number of aliphatic hydroxyl groups is 2. The quantitative estimate of drug-likeness (QED) is 0.0359. The van der Waals surface area contributed by atoms with Gasteiger partial charge in [0.2, 0.25) is 5.91 Å². The van der Waals surface area contributed by atoms with E-state index in [2.05, 4.69) is 19.2 Å². The molecule has 4 N–H and O–H groups in total. The van der Waals surface area contributed by atoms with Gasteiger partial charge in [-0.05, 0) is 12.8 Å². The zero-order valence-corrected chi connectivity index (χ0v) is 37.5. The molecule has 3 unspecified atom stereocenters. The minimum atomic E-state index is -4.41. The minimum absolute atomic E-state index is 0.304. The zero-order chi connectivity index (χ0) is 40.5. The van der Waals surface area contributed by atoms with Gasteiger partial charge in [-0.3, -0.25) is 9.35 Å². The second-order valence-electron chi connectivity index (χ2n) is 17.3. The predicted molar refractivity (Wildman–Crippen MR) is 236 cm³/mol. The van der Waals surface area contributed by atoms with E-state index in [1.54, 1.807) is 0 Å². The molecule has 0 aliphatic heterocycles. The van der Waals surface area contributed by atoms with Crippen LogP contribution < -0.4 is 5.32 Å². The first-order valence-corrected chi connectivity index (χ1v) is 25.9. The summed E-state index contributed by atoms with van der Waals surface area (Å²) in [5.74, 6) is -1.44. The third-order valence-electron chi connectivity index (χ3n) is 11.7. The fourth-order valence-electron chi connectivity index (χ4n) is 7.94. The maximum Gasteiger partial charge on any atom is 0.266 e. The highest BCUT2D eigenvalue weighted by atomic mass is 32.2. The zero-order valence-electron chi connectivity index (χ0n) is 36.7. The third kappa shape index (κ3) is 41.3. The Morgan fingerprint density at radius 3 is 0.909 bits per heavy atom. The van der Waals surface area contributed by atoms with E-state index in [0.717, 1.165) is 44.9 Å². The molecule has 55 heavy (non-hydrogen) atoms. The van der Waals surface area contributed by atoms with Gasteiger partial charge < -0.3 is 15.5 Å². The molecular weight excluding hydrogens is 707 g/mol. The summed E-state index contributed by atoms with van der Waals surface area (Å²) in [6.45, 7) is 4.54. The molecule has 0 saturated heterocycles. The molecule has 3 atom stereocenters. The van der Waals surface area contributed by atoms with Gasteiger partial charge in [0.25, 0.3) is 10.1 Å². The molecule has 0 fully saturated rings. The first kappa shape index (κ1) is 54.3. The Balaban J connectivity index is 3.83. The molecule has 0 aliphatic carbocycles. The van der Waals surface area contributed by atoms with E-state index >= 15 is 0 Å². The number of rotatable bonds is 45. The Labute approximate surface area is 342 Å². The molecule has 0 heterocycles. The van der Waals surface area contributed by atoms with Crippen molar-refractivity contribution in [3.8, 4) is 0 Å². The largest absolute Gasteiger partial charge is 0.391 e. The van der Waals surface area contributed by atoms with Crippen molar-refractivity contribution < 1.29 is 28.0 Å². The second-order valence-corrected chi connectivity index (χ2v) is 18.7. The highest BCUT2D eigenvalue weighted by molar-refractivity contribution is 7.85. The van der Waals surface area contributed by atoms with Gasteiger partial charge >= 0.3 is 0 Å². The average molecular weight is 802 g/mol. The van der Waals surface area contributed by atoms with Gasteiger partial charge in [-0.25, -0.2) is 0 Å². The van der Waals surface area contributed by atoms with Crippen LogP contribution in [0.3, 0.4) is 0 Å². The summed E-state index contributed by atoms with van der Waals surface area (Å²) in [7, 11) is -4.41. The summed E-state index contributed by atoms with van der Waals surface area (Å²) in [5.41, 5.74) is 0. The molecule has 8 heteroatoms. The summed E-state index contributed by atoms with van der Waals surface area (Å²) < 4.78 is 32.7. The number of unbranched alkanes of at least 4 members (excludes halogenated alkanes) is 36. The fraction of sp³-hybridized carbons (Fsp3) is 0.979. The Hall–Kier alpha value is -0.700. The van der Waals surface area contributed by atoms with Gasteiger partial charge in [0.05, 0.1) is 17.9 Å². The van der Waals surface area contributed by atoms with E-state index in [1.807, 2.05) is 0 Å². The van der Waals surface area contributed by atoms with Crippen LogP contribution in [-0.2, 0) is 14.9 Å². The van der Waals surface area contributed by atoms with Crippen molar-refractivity contribution >= 4 is 16.0 Å². The van der Waals surface area contributed by atoms with E-state index < -0.39 is 40.0 Å². The van der Waals surface area contributed by atoms with Gasteiger partial charge in [-0.15, -0.1) is 0 Å². The van der Waals surface area contributed by atoms with Gasteiger partial charge in [-0.2, -0.15) is 8.42 Å². The highest BCUT2D eigenvalue weighted by Crippen LogP contribution is 2.18. The molecule has 0 aromatic heterocycles. The van der Waals surface area contributed by atoms with Crippen molar-refractivity contribution in [1.82, 2.24) is 5.32 Å². The fourth-order valence-corrected chi connectivity index (χ4v) is 8.69. The number of hydrogen-bond donors (Lipinski definition) is 4. The lowest BCUT2D eigenvalue weighted by molar-refractivity contribution is -0.131. The Morgan fingerprint density at radius 1 is 0.418 bits per heavy atom. The maximum absolute atomic E-state index is 12.7. The summed E-state index contributed by atoms with van der Waals surface area (Å²) >= 11 is 0. The summed E-state index contributed by atoms with van der Waals surface area (Å²) in [6.07, 6.45) is 47.0. The monoisotopic (exact) mass is 802 g/mol. The van der Waals surface area contributed by atoms with Crippen LogP contribution in [0.15, 0.2) is 0 Å². The van der Waals surface area contributed by atoms with Gasteiger partial charge in [0.15, 0.2) is 0 Å². The first-order chi connectivity index (χ1) is 26.7. The van der Waals surface area contributed by atoms with Crippen LogP contribution in [0.4, 0.5) is 0 Å². The number of carbonyl (C=O) groups is 1. The Bertz CT molecular complexity index is 900. The number of hydrogen-bond acceptors (Lipinski definition) is 5. The van der Waals surface area contributed by atoms with Crippen LogP contribution in [0.1, 0.15) is 271 Å². The molecular formula is C47H95NO6S. The lowest BCUT2D eigenvalue weighted by atomic mass is 10.0. The highest BCUT2D eigenvalue weighted by Gasteiger charge is 2.28. The number of carbonyl (C=O) groups excluding carboxylic acids is 1. The minimum Gasteiger partial charge on any atom is -0.391 e. The van der Waals surface area contributed by atoms with Crippen molar-refractivity contribution in [1.29, 1.82) is 0 Å². The normalized spacial score (nSPS) is 13.6. The summed E-state index contributed by atoms with van der Waals surface area (Å²) in [4.78, 5) is 12.7. The summed E-state index contributed by atoms with van der Waals surface area (Å²) in [6, 6.07) is -1.14. The maximum atomic E-state index is 12.7. The van der Waals surface area contributed by atoms with E-state index in [1.165, 1.54) is 199 Å². The number of nitrogens with one attached hydrogen (secondary N) is 1. The van der Waals surface area contributed by atoms with Gasteiger partial charge in [0, 0.05) is 0 Å². The second kappa shape index (κ2) is 41.5. The van der Waals surface area contributed by atoms with Crippen molar-refractivity contribution in [3.05, 3.63) is 0 Å². The van der Waals surface area contributed by atoms with E-state index in [4.69, 9.17) is 0 Å². The summed E-state index contributed by atoms with van der Waals surface area (Å²) in [5, 5.41) is 23.7. The lowest BCUT2D eigenvalue weighted by Crippen LogP contribution is -2.50. The van der Waals surface area contributed by atoms with Crippen LogP contribution in [0.5, 0.6) is 0 Å². The molecule has 0 rings (SSSR count). The molecule has 7 nitrogen and oxygen atoms in total. The molecule has 0 spiro atoms. The molecule has 0 radical (unpaired) electrons. The Kier molecular flexibility index (Phi) is 40.9. The average Bonchev–Trinajstić information content (AvgIpc) is 3.15. The number of amides is 1. The molecule has 0 bridgehead atoms. The standard InChI is InChI=1S/C47H95NO6S/c1-3-5-7-9-11-13-15-17-19-21-22-23-24-26-28-30-32-34-36-38-40-42-46(50)47(51)48-44(43-55(52,53)54)45(49)41-39-37-35-33-31-29-27-25-20-18-16-14-12-10-8-6-4-2/h44-46,49-50H,3-43H2,1-2H3,(H,48,51)(H,52,53,54). The first-order valence-electron chi connectivity index (χ1n) is 24.3. The van der Waals surface area contributed by atoms with Crippen LogP contribution >= 0.6 is 0 Å². The predicted octanol–water partition coefficient (Wildman–Crippen LogP) is 13.7. The third-order valence-corrected chi connectivity index (χ3v) is 12.4. The van der Waals surface area contributed by atoms with Crippen molar-refractivity contribution in [3.63, 3.8) is 0 Å². The molecule has 0 aromatic carbocycles. The van der Waals surface area contributed by atoms with E-state index in [9.17, 15) is 28.0 Å². The molecule has 1 amide bonds. The van der Waals surface area contributed by atoms with Crippen LogP contribution in [0, 0.1) is 0 Å². The van der Waals surface area contributed by atoms with Crippen molar-refractivity contribution in [2.75, 3.05) is 5.75 Å². The van der Waals surface area contributed by atoms with Crippen LogP contribution in [0.2, 0.25) is 0 Å². The SMILES string of the molecule is CCCCCCCCCCCCCCCCCCCCCCCC(O)C(=O)NC(CS(=O)(=O)O)C(O)CCCCCCCCCCCCCCCCCCC. The van der Waals surface area contributed by atoms with Crippen molar-refractivity contribution in [2.24, 2.45) is 0 Å². The van der Waals surface area contributed by atoms with Crippen LogP contribution in [-0.4, -0.2) is 53.1 Å². The van der Waals surface area contributed by atoms with Crippen LogP contribution in [0.25, 0.3) is 0 Å². The molecule has 0 saturated carbocycles. The molecule has 0 aliphatic rings. The van der Waals surface area contributed by atoms with Crippen molar-refractivity contribution in [2.45, 2.75) is 289 Å². The molecule has 330 valence electrons. The Morgan fingerprint density at radius 2 is 0.655 bits per heavy atom. The smallest absolute Gasteiger partial charge is 0.266 e. The van der Waals surface area contributed by atoms with Gasteiger partial charge in [-0.1, -0.05) is 258 Å². The van der Waals surface area contributed by atoms with Gasteiger partial charge in [0.1, 0.15) is 6.10 Å². The van der Waals surface area contributed by atoms with E-state index in [0.29, 0.717) is 12.8 Å².